The number of nitrogens with zero attached hydrogens (tertiary/aromatic N) is 2. The number of nitro groups is 2. The first-order chi connectivity index (χ1) is 8.59. The van der Waals surface area contributed by atoms with Crippen LogP contribution in [-0.2, 0) is 0 Å². The molecule has 0 aliphatic rings. The van der Waals surface area contributed by atoms with Gasteiger partial charge in [0.05, 0.1) is 15.9 Å². The fraction of sp³-hybridized carbons (Fsp3) is 0. The SMILES string of the molecule is O=[N+]([O-])c1[c]c(-c2[c]cccc2)ccc1[N+](=O)[O-]. The highest BCUT2D eigenvalue weighted by Crippen LogP contribution is 2.30. The normalized spacial score (nSPS) is 10.0. The molecule has 0 bridgehead atoms. The van der Waals surface area contributed by atoms with Crippen LogP contribution < -0.4 is 0 Å². The minimum atomic E-state index is -0.815. The summed E-state index contributed by atoms with van der Waals surface area (Å²) in [5.41, 5.74) is -0.224. The van der Waals surface area contributed by atoms with Crippen molar-refractivity contribution in [2.75, 3.05) is 0 Å². The molecule has 0 spiro atoms. The molecule has 2 aromatic rings. The Bertz CT molecular complexity index is 611. The lowest BCUT2D eigenvalue weighted by Gasteiger charge is -2.00. The molecule has 0 heterocycles. The Labute approximate surface area is 102 Å². The van der Waals surface area contributed by atoms with Gasteiger partial charge in [-0.3, -0.25) is 20.2 Å². The van der Waals surface area contributed by atoms with Crippen molar-refractivity contribution in [3.8, 4) is 11.1 Å². The van der Waals surface area contributed by atoms with E-state index in [1.807, 2.05) is 0 Å². The Balaban J connectivity index is 2.57. The fourth-order valence-corrected chi connectivity index (χ4v) is 1.48. The van der Waals surface area contributed by atoms with E-state index in [1.54, 1.807) is 24.3 Å². The molecule has 0 fully saturated rings. The molecule has 2 radical (unpaired) electrons. The molecule has 0 saturated heterocycles. The summed E-state index contributed by atoms with van der Waals surface area (Å²) in [6.45, 7) is 0. The van der Waals surface area contributed by atoms with Crippen LogP contribution in [0.1, 0.15) is 0 Å². The van der Waals surface area contributed by atoms with Crippen LogP contribution >= 0.6 is 0 Å². The second-order valence-electron chi connectivity index (χ2n) is 3.40. The molecule has 0 amide bonds. The van der Waals surface area contributed by atoms with Crippen LogP contribution in [0.5, 0.6) is 0 Å². The average Bonchev–Trinajstić information content (AvgIpc) is 2.39. The van der Waals surface area contributed by atoms with Gasteiger partial charge in [0.1, 0.15) is 0 Å². The standard InChI is InChI=1S/C12H6N2O4/c15-13(16)11-7-6-10(8-12(11)14(17)18)9-4-2-1-3-5-9/h1-4,6-7H. The minimum absolute atomic E-state index is 0.396. The molecule has 0 unspecified atom stereocenters. The summed E-state index contributed by atoms with van der Waals surface area (Å²) < 4.78 is 0. The van der Waals surface area contributed by atoms with E-state index in [4.69, 9.17) is 0 Å². The summed E-state index contributed by atoms with van der Waals surface area (Å²) in [6.07, 6.45) is 0. The highest BCUT2D eigenvalue weighted by atomic mass is 16.6. The molecule has 6 heteroatoms. The Morgan fingerprint density at radius 1 is 0.944 bits per heavy atom. The van der Waals surface area contributed by atoms with Gasteiger partial charge >= 0.3 is 11.4 Å². The second-order valence-corrected chi connectivity index (χ2v) is 3.40. The summed E-state index contributed by atoms with van der Waals surface area (Å²) in [4.78, 5) is 19.8. The molecule has 88 valence electrons. The van der Waals surface area contributed by atoms with Crippen molar-refractivity contribution in [3.63, 3.8) is 0 Å². The summed E-state index contributed by atoms with van der Waals surface area (Å²) in [5.74, 6) is 0. The third-order valence-electron chi connectivity index (χ3n) is 2.28. The third kappa shape index (κ3) is 2.17. The molecule has 0 aliphatic carbocycles. The van der Waals surface area contributed by atoms with Crippen molar-refractivity contribution in [2.24, 2.45) is 0 Å². The highest BCUT2D eigenvalue weighted by Gasteiger charge is 2.24. The van der Waals surface area contributed by atoms with Gasteiger partial charge in [0.15, 0.2) is 0 Å². The molecule has 0 atom stereocenters. The maximum absolute atomic E-state index is 10.8. The monoisotopic (exact) mass is 242 g/mol. The number of hydrogen-bond acceptors (Lipinski definition) is 4. The predicted molar refractivity (Wildman–Crippen MR) is 62.9 cm³/mol. The van der Waals surface area contributed by atoms with Crippen molar-refractivity contribution >= 4 is 11.4 Å². The first kappa shape index (κ1) is 11.7. The number of nitro benzene ring substituents is 2. The number of hydrogen-bond donors (Lipinski definition) is 0. The van der Waals surface area contributed by atoms with Crippen LogP contribution in [0.15, 0.2) is 36.4 Å². The lowest BCUT2D eigenvalue weighted by molar-refractivity contribution is -0.422. The summed E-state index contributed by atoms with van der Waals surface area (Å²) in [5, 5.41) is 21.4. The van der Waals surface area contributed by atoms with E-state index in [2.05, 4.69) is 12.1 Å². The van der Waals surface area contributed by atoms with Crippen molar-refractivity contribution in [3.05, 3.63) is 68.8 Å². The van der Waals surface area contributed by atoms with Gasteiger partial charge in [0.2, 0.25) is 0 Å². The summed E-state index contributed by atoms with van der Waals surface area (Å²) >= 11 is 0. The molecule has 0 aliphatic heterocycles. The number of rotatable bonds is 3. The van der Waals surface area contributed by atoms with Crippen molar-refractivity contribution in [1.82, 2.24) is 0 Å². The van der Waals surface area contributed by atoms with Gasteiger partial charge in [-0.05, 0) is 23.3 Å². The largest absolute Gasteiger partial charge is 0.354 e. The van der Waals surface area contributed by atoms with E-state index in [0.717, 1.165) is 6.07 Å². The molecule has 2 aromatic carbocycles. The third-order valence-corrected chi connectivity index (χ3v) is 2.28. The van der Waals surface area contributed by atoms with Gasteiger partial charge in [0.25, 0.3) is 0 Å². The van der Waals surface area contributed by atoms with Crippen molar-refractivity contribution in [1.29, 1.82) is 0 Å². The van der Waals surface area contributed by atoms with Gasteiger partial charge in [-0.15, -0.1) is 0 Å². The molecule has 0 saturated carbocycles. The smallest absolute Gasteiger partial charge is 0.258 e. The van der Waals surface area contributed by atoms with E-state index in [1.165, 1.54) is 6.07 Å². The Morgan fingerprint density at radius 2 is 1.72 bits per heavy atom. The van der Waals surface area contributed by atoms with Crippen LogP contribution in [0.2, 0.25) is 0 Å². The maximum Gasteiger partial charge on any atom is 0.354 e. The van der Waals surface area contributed by atoms with E-state index in [0.29, 0.717) is 11.1 Å². The Hall–Kier alpha value is -2.76. The van der Waals surface area contributed by atoms with Crippen LogP contribution in [0.3, 0.4) is 0 Å². The van der Waals surface area contributed by atoms with E-state index in [-0.39, 0.29) is 0 Å². The van der Waals surface area contributed by atoms with E-state index < -0.39 is 21.2 Å². The number of benzene rings is 2. The Morgan fingerprint density at radius 3 is 2.28 bits per heavy atom. The topological polar surface area (TPSA) is 86.3 Å². The highest BCUT2D eigenvalue weighted by molar-refractivity contribution is 5.68. The molecule has 18 heavy (non-hydrogen) atoms. The average molecular weight is 242 g/mol. The van der Waals surface area contributed by atoms with Gasteiger partial charge < -0.3 is 0 Å². The maximum atomic E-state index is 10.8. The molecule has 0 aromatic heterocycles. The second kappa shape index (κ2) is 4.62. The fourth-order valence-electron chi connectivity index (χ4n) is 1.48. The lowest BCUT2D eigenvalue weighted by atomic mass is 10.0. The van der Waals surface area contributed by atoms with Gasteiger partial charge in [-0.2, -0.15) is 0 Å². The first-order valence-corrected chi connectivity index (χ1v) is 4.92. The minimum Gasteiger partial charge on any atom is -0.258 e. The zero-order chi connectivity index (χ0) is 13.1. The van der Waals surface area contributed by atoms with Crippen LogP contribution in [0, 0.1) is 32.4 Å². The summed E-state index contributed by atoms with van der Waals surface area (Å²) in [7, 11) is 0. The lowest BCUT2D eigenvalue weighted by Crippen LogP contribution is -1.97. The van der Waals surface area contributed by atoms with Crippen molar-refractivity contribution < 1.29 is 9.85 Å². The molecule has 0 N–H and O–H groups in total. The zero-order valence-corrected chi connectivity index (χ0v) is 8.99. The van der Waals surface area contributed by atoms with Gasteiger partial charge in [0, 0.05) is 6.07 Å². The quantitative estimate of drug-likeness (QED) is 0.611. The van der Waals surface area contributed by atoms with E-state index >= 15 is 0 Å². The van der Waals surface area contributed by atoms with Gasteiger partial charge in [-0.25, -0.2) is 0 Å². The molecular formula is C12H6N2O4. The summed E-state index contributed by atoms with van der Waals surface area (Å²) in [6, 6.07) is 14.7. The first-order valence-electron chi connectivity index (χ1n) is 4.92. The van der Waals surface area contributed by atoms with Crippen LogP contribution in [0.4, 0.5) is 11.4 Å². The molecule has 6 nitrogen and oxygen atoms in total. The molecule has 2 rings (SSSR count). The van der Waals surface area contributed by atoms with Crippen LogP contribution in [0.25, 0.3) is 11.1 Å². The van der Waals surface area contributed by atoms with Gasteiger partial charge in [-0.1, -0.05) is 24.3 Å². The van der Waals surface area contributed by atoms with E-state index in [9.17, 15) is 20.2 Å². The van der Waals surface area contributed by atoms with Crippen LogP contribution in [-0.4, -0.2) is 9.85 Å². The molecular weight excluding hydrogens is 236 g/mol. The predicted octanol–water partition coefficient (Wildman–Crippen LogP) is 2.77. The Kier molecular flexibility index (Phi) is 3.01. The van der Waals surface area contributed by atoms with Crippen molar-refractivity contribution in [2.45, 2.75) is 0 Å². The zero-order valence-electron chi connectivity index (χ0n) is 8.99.